The van der Waals surface area contributed by atoms with Crippen molar-refractivity contribution in [2.45, 2.75) is 44.7 Å². The summed E-state index contributed by atoms with van der Waals surface area (Å²) in [5.41, 5.74) is 1.07. The van der Waals surface area contributed by atoms with E-state index in [-0.39, 0.29) is 29.2 Å². The van der Waals surface area contributed by atoms with Crippen LogP contribution in [0.4, 0.5) is 0 Å². The molecule has 0 bridgehead atoms. The minimum Gasteiger partial charge on any atom is -0.348 e. The van der Waals surface area contributed by atoms with E-state index in [1.54, 1.807) is 6.20 Å². The molecule has 0 radical (unpaired) electrons. The number of H-pyrrole nitrogens is 1. The normalized spacial score (nSPS) is 15.0. The smallest absolute Gasteiger partial charge is 0.272 e. The first-order valence-electron chi connectivity index (χ1n) is 8.26. The number of nitrogens with one attached hydrogen (secondary N) is 3. The summed E-state index contributed by atoms with van der Waals surface area (Å²) >= 11 is 0. The first kappa shape index (κ1) is 16.2. The van der Waals surface area contributed by atoms with Gasteiger partial charge < -0.3 is 15.6 Å². The van der Waals surface area contributed by atoms with Crippen LogP contribution >= 0.6 is 0 Å². The van der Waals surface area contributed by atoms with E-state index in [9.17, 15) is 9.59 Å². The van der Waals surface area contributed by atoms with Crippen molar-refractivity contribution in [3.05, 3.63) is 47.8 Å². The molecule has 0 aromatic carbocycles. The van der Waals surface area contributed by atoms with Gasteiger partial charge in [0.05, 0.1) is 18.6 Å². The van der Waals surface area contributed by atoms with E-state index < -0.39 is 0 Å². The molecule has 2 amide bonds. The molecule has 0 spiro atoms. The highest BCUT2D eigenvalue weighted by Gasteiger charge is 2.23. The van der Waals surface area contributed by atoms with Crippen molar-refractivity contribution >= 4 is 11.8 Å². The summed E-state index contributed by atoms with van der Waals surface area (Å²) in [6, 6.07) is 5.67. The van der Waals surface area contributed by atoms with Crippen LogP contribution in [0.15, 0.2) is 30.7 Å². The highest BCUT2D eigenvalue weighted by atomic mass is 16.2. The summed E-state index contributed by atoms with van der Waals surface area (Å²) < 4.78 is 0. The van der Waals surface area contributed by atoms with E-state index in [4.69, 9.17) is 0 Å². The zero-order valence-corrected chi connectivity index (χ0v) is 13.4. The maximum absolute atomic E-state index is 12.4. The van der Waals surface area contributed by atoms with Gasteiger partial charge in [-0.25, -0.2) is 4.98 Å². The SMILES string of the molecule is O=C(NC1CCCCC1)c1nc[nH]c1C(=O)NCc1ccccn1. The van der Waals surface area contributed by atoms with Crippen LogP contribution in [-0.4, -0.2) is 32.8 Å². The average molecular weight is 327 g/mol. The second kappa shape index (κ2) is 7.72. The molecule has 24 heavy (non-hydrogen) atoms. The zero-order valence-electron chi connectivity index (χ0n) is 13.4. The highest BCUT2D eigenvalue weighted by molar-refractivity contribution is 6.04. The number of pyridine rings is 1. The number of aromatic nitrogens is 3. The van der Waals surface area contributed by atoms with Gasteiger partial charge in [-0.2, -0.15) is 0 Å². The number of hydrogen-bond acceptors (Lipinski definition) is 4. The van der Waals surface area contributed by atoms with Gasteiger partial charge in [0.2, 0.25) is 0 Å². The molecule has 0 atom stereocenters. The van der Waals surface area contributed by atoms with Gasteiger partial charge in [-0.3, -0.25) is 14.6 Å². The predicted octanol–water partition coefficient (Wildman–Crippen LogP) is 1.80. The van der Waals surface area contributed by atoms with Gasteiger partial charge >= 0.3 is 0 Å². The molecular weight excluding hydrogens is 306 g/mol. The monoisotopic (exact) mass is 327 g/mol. The van der Waals surface area contributed by atoms with Crippen LogP contribution in [0.25, 0.3) is 0 Å². The number of carbonyl (C=O) groups is 2. The van der Waals surface area contributed by atoms with Crippen LogP contribution in [0.1, 0.15) is 58.8 Å². The first-order valence-corrected chi connectivity index (χ1v) is 8.26. The van der Waals surface area contributed by atoms with Gasteiger partial charge in [0, 0.05) is 12.2 Å². The third-order valence-electron chi connectivity index (χ3n) is 4.18. The van der Waals surface area contributed by atoms with E-state index in [0.717, 1.165) is 31.4 Å². The third-order valence-corrected chi connectivity index (χ3v) is 4.18. The Morgan fingerprint density at radius 1 is 1.12 bits per heavy atom. The third kappa shape index (κ3) is 3.98. The summed E-state index contributed by atoms with van der Waals surface area (Å²) in [5.74, 6) is -0.668. The second-order valence-corrected chi connectivity index (χ2v) is 5.94. The molecule has 1 fully saturated rings. The minimum absolute atomic E-state index is 0.138. The van der Waals surface area contributed by atoms with Crippen molar-refractivity contribution < 1.29 is 9.59 Å². The Morgan fingerprint density at radius 3 is 2.71 bits per heavy atom. The molecule has 3 N–H and O–H groups in total. The standard InChI is InChI=1S/C17H21N5O2/c23-16(19-10-13-8-4-5-9-18-13)14-15(21-11-20-14)17(24)22-12-6-2-1-3-7-12/h4-5,8-9,11-12H,1-3,6-7,10H2,(H,19,23)(H,20,21)(H,22,24). The topological polar surface area (TPSA) is 99.8 Å². The lowest BCUT2D eigenvalue weighted by atomic mass is 9.95. The molecule has 2 aromatic rings. The molecule has 2 heterocycles. The molecular formula is C17H21N5O2. The fourth-order valence-electron chi connectivity index (χ4n) is 2.90. The molecule has 1 saturated carbocycles. The molecule has 0 unspecified atom stereocenters. The Bertz CT molecular complexity index is 692. The Hall–Kier alpha value is -2.70. The van der Waals surface area contributed by atoms with Crippen molar-refractivity contribution in [1.29, 1.82) is 0 Å². The lowest BCUT2D eigenvalue weighted by molar-refractivity contribution is 0.0897. The van der Waals surface area contributed by atoms with Crippen LogP contribution in [0, 0.1) is 0 Å². The molecule has 1 aliphatic rings. The zero-order chi connectivity index (χ0) is 16.8. The molecule has 0 saturated heterocycles. The quantitative estimate of drug-likeness (QED) is 0.779. The lowest BCUT2D eigenvalue weighted by Crippen LogP contribution is -2.37. The Balaban J connectivity index is 1.61. The molecule has 2 aromatic heterocycles. The lowest BCUT2D eigenvalue weighted by Gasteiger charge is -2.22. The van der Waals surface area contributed by atoms with Crippen LogP contribution in [0.2, 0.25) is 0 Å². The molecule has 0 aliphatic heterocycles. The van der Waals surface area contributed by atoms with E-state index in [1.807, 2.05) is 18.2 Å². The number of imidazole rings is 1. The summed E-state index contributed by atoms with van der Waals surface area (Å²) in [7, 11) is 0. The van der Waals surface area contributed by atoms with Gasteiger partial charge in [-0.1, -0.05) is 25.3 Å². The molecule has 1 aliphatic carbocycles. The maximum Gasteiger partial charge on any atom is 0.272 e. The number of amides is 2. The molecule has 3 rings (SSSR count). The van der Waals surface area contributed by atoms with Crippen molar-refractivity contribution in [3.63, 3.8) is 0 Å². The Morgan fingerprint density at radius 2 is 1.96 bits per heavy atom. The molecule has 126 valence electrons. The summed E-state index contributed by atoms with van der Waals surface area (Å²) in [5, 5.41) is 5.72. The summed E-state index contributed by atoms with van der Waals surface area (Å²) in [6.45, 7) is 0.294. The fourth-order valence-corrected chi connectivity index (χ4v) is 2.90. The van der Waals surface area contributed by atoms with Crippen LogP contribution in [-0.2, 0) is 6.54 Å². The summed E-state index contributed by atoms with van der Waals surface area (Å²) in [4.78, 5) is 35.6. The van der Waals surface area contributed by atoms with E-state index >= 15 is 0 Å². The molecule has 7 heteroatoms. The number of carbonyl (C=O) groups excluding carboxylic acids is 2. The summed E-state index contributed by atoms with van der Waals surface area (Å²) in [6.07, 6.45) is 8.47. The van der Waals surface area contributed by atoms with E-state index in [0.29, 0.717) is 6.54 Å². The molecule has 7 nitrogen and oxygen atoms in total. The van der Waals surface area contributed by atoms with Crippen LogP contribution in [0.5, 0.6) is 0 Å². The maximum atomic E-state index is 12.4. The average Bonchev–Trinajstić information content (AvgIpc) is 3.11. The van der Waals surface area contributed by atoms with E-state index in [1.165, 1.54) is 12.7 Å². The Labute approximate surface area is 140 Å². The highest BCUT2D eigenvalue weighted by Crippen LogP contribution is 2.18. The van der Waals surface area contributed by atoms with Crippen molar-refractivity contribution in [1.82, 2.24) is 25.6 Å². The second-order valence-electron chi connectivity index (χ2n) is 5.94. The van der Waals surface area contributed by atoms with Gasteiger partial charge in [-0.15, -0.1) is 0 Å². The van der Waals surface area contributed by atoms with E-state index in [2.05, 4.69) is 25.6 Å². The largest absolute Gasteiger partial charge is 0.348 e. The van der Waals surface area contributed by atoms with Crippen LogP contribution in [0.3, 0.4) is 0 Å². The van der Waals surface area contributed by atoms with Crippen molar-refractivity contribution in [2.24, 2.45) is 0 Å². The van der Waals surface area contributed by atoms with Crippen molar-refractivity contribution in [3.8, 4) is 0 Å². The van der Waals surface area contributed by atoms with Crippen LogP contribution < -0.4 is 10.6 Å². The number of hydrogen-bond donors (Lipinski definition) is 3. The number of rotatable bonds is 5. The number of aromatic amines is 1. The van der Waals surface area contributed by atoms with Gasteiger partial charge in [0.15, 0.2) is 5.69 Å². The van der Waals surface area contributed by atoms with Gasteiger partial charge in [-0.05, 0) is 25.0 Å². The minimum atomic E-state index is -0.369. The first-order chi connectivity index (χ1) is 11.7. The Kier molecular flexibility index (Phi) is 5.20. The van der Waals surface area contributed by atoms with Gasteiger partial charge in [0.1, 0.15) is 5.69 Å². The predicted molar refractivity (Wildman–Crippen MR) is 88.3 cm³/mol. The van der Waals surface area contributed by atoms with Crippen molar-refractivity contribution in [2.75, 3.05) is 0 Å². The van der Waals surface area contributed by atoms with Gasteiger partial charge in [0.25, 0.3) is 11.8 Å². The number of nitrogens with zero attached hydrogens (tertiary/aromatic N) is 2. The fraction of sp³-hybridized carbons (Fsp3) is 0.412.